The van der Waals surface area contributed by atoms with Gasteiger partial charge in [0.25, 0.3) is 0 Å². The average molecular weight is 259 g/mol. The Morgan fingerprint density at radius 2 is 2.05 bits per heavy atom. The fourth-order valence-electron chi connectivity index (χ4n) is 1.62. The van der Waals surface area contributed by atoms with Crippen LogP contribution in [0.1, 0.15) is 17.2 Å². The molecule has 6 nitrogen and oxygen atoms in total. The first-order chi connectivity index (χ1) is 9.16. The zero-order valence-corrected chi connectivity index (χ0v) is 11.1. The number of nitrogens with one attached hydrogen (secondary N) is 2. The van der Waals surface area contributed by atoms with Gasteiger partial charge in [0.05, 0.1) is 30.7 Å². The van der Waals surface area contributed by atoms with Gasteiger partial charge in [-0.2, -0.15) is 0 Å². The van der Waals surface area contributed by atoms with Crippen LogP contribution in [0.4, 0.5) is 4.79 Å². The van der Waals surface area contributed by atoms with Gasteiger partial charge in [-0.1, -0.05) is 6.07 Å². The molecule has 0 unspecified atom stereocenters. The van der Waals surface area contributed by atoms with Gasteiger partial charge in [-0.15, -0.1) is 0 Å². The van der Waals surface area contributed by atoms with Crippen LogP contribution in [0.5, 0.6) is 0 Å². The van der Waals surface area contributed by atoms with Crippen LogP contribution in [0, 0.1) is 6.92 Å². The smallest absolute Gasteiger partial charge is 0.315 e. The highest BCUT2D eigenvalue weighted by Crippen LogP contribution is 2.00. The van der Waals surface area contributed by atoms with Gasteiger partial charge >= 0.3 is 6.03 Å². The molecule has 6 heteroatoms. The van der Waals surface area contributed by atoms with Crippen molar-refractivity contribution in [2.75, 3.05) is 0 Å². The van der Waals surface area contributed by atoms with E-state index >= 15 is 0 Å². The second-order valence-corrected chi connectivity index (χ2v) is 4.21. The van der Waals surface area contributed by atoms with E-state index in [9.17, 15) is 4.79 Å². The van der Waals surface area contributed by atoms with E-state index in [1.165, 1.54) is 0 Å². The highest BCUT2D eigenvalue weighted by atomic mass is 16.2. The standard InChI is InChI=1S/C13H17N5O/c1-10-15-8-12(18(10)2)9-17-13(19)16-7-11-5-3-4-6-14-11/h3-6,8H,7,9H2,1-2H3,(H2,16,17,19). The number of pyridine rings is 1. The zero-order chi connectivity index (χ0) is 13.7. The number of rotatable bonds is 4. The SMILES string of the molecule is Cc1ncc(CNC(=O)NCc2ccccn2)n1C. The number of imidazole rings is 1. The molecule has 0 radical (unpaired) electrons. The van der Waals surface area contributed by atoms with Crippen LogP contribution in [0.3, 0.4) is 0 Å². The van der Waals surface area contributed by atoms with E-state index < -0.39 is 0 Å². The Bertz CT molecular complexity index is 549. The number of aromatic nitrogens is 3. The molecule has 100 valence electrons. The number of aryl methyl sites for hydroxylation is 1. The third kappa shape index (κ3) is 3.54. The second kappa shape index (κ2) is 5.99. The summed E-state index contributed by atoms with van der Waals surface area (Å²) in [5.74, 6) is 0.922. The van der Waals surface area contributed by atoms with Gasteiger partial charge in [0.15, 0.2) is 0 Å². The molecular weight excluding hydrogens is 242 g/mol. The Labute approximate surface area is 111 Å². The Morgan fingerprint density at radius 3 is 2.68 bits per heavy atom. The minimum atomic E-state index is -0.218. The van der Waals surface area contributed by atoms with Crippen molar-refractivity contribution in [1.29, 1.82) is 0 Å². The zero-order valence-electron chi connectivity index (χ0n) is 11.1. The van der Waals surface area contributed by atoms with Crippen molar-refractivity contribution >= 4 is 6.03 Å². The summed E-state index contributed by atoms with van der Waals surface area (Å²) in [5, 5.41) is 5.54. The molecule has 2 rings (SSSR count). The van der Waals surface area contributed by atoms with Crippen LogP contribution >= 0.6 is 0 Å². The van der Waals surface area contributed by atoms with Crippen LogP contribution in [-0.4, -0.2) is 20.6 Å². The fraction of sp³-hybridized carbons (Fsp3) is 0.308. The van der Waals surface area contributed by atoms with Crippen LogP contribution in [0.2, 0.25) is 0 Å². The van der Waals surface area contributed by atoms with Crippen LogP contribution in [-0.2, 0) is 20.1 Å². The molecule has 19 heavy (non-hydrogen) atoms. The lowest BCUT2D eigenvalue weighted by Crippen LogP contribution is -2.35. The van der Waals surface area contributed by atoms with Crippen molar-refractivity contribution in [3.05, 3.63) is 47.8 Å². The van der Waals surface area contributed by atoms with Gasteiger partial charge in [0, 0.05) is 13.2 Å². The first-order valence-electron chi connectivity index (χ1n) is 6.05. The van der Waals surface area contributed by atoms with E-state index in [1.54, 1.807) is 12.4 Å². The summed E-state index contributed by atoms with van der Waals surface area (Å²) in [5.41, 5.74) is 1.79. The van der Waals surface area contributed by atoms with Crippen molar-refractivity contribution in [1.82, 2.24) is 25.2 Å². The van der Waals surface area contributed by atoms with Gasteiger partial charge in [-0.3, -0.25) is 4.98 Å². The molecule has 0 aliphatic carbocycles. The van der Waals surface area contributed by atoms with Gasteiger partial charge in [-0.05, 0) is 19.1 Å². The Kier molecular flexibility index (Phi) is 4.12. The van der Waals surface area contributed by atoms with Crippen molar-refractivity contribution < 1.29 is 4.79 Å². The summed E-state index contributed by atoms with van der Waals surface area (Å²) in [4.78, 5) is 19.9. The molecule has 0 aromatic carbocycles. The summed E-state index contributed by atoms with van der Waals surface area (Å²) in [6.45, 7) is 2.78. The predicted molar refractivity (Wildman–Crippen MR) is 71.3 cm³/mol. The van der Waals surface area contributed by atoms with E-state index in [2.05, 4.69) is 20.6 Å². The number of carbonyl (C=O) groups is 1. The molecule has 0 saturated heterocycles. The van der Waals surface area contributed by atoms with E-state index in [-0.39, 0.29) is 6.03 Å². The number of hydrogen-bond acceptors (Lipinski definition) is 3. The monoisotopic (exact) mass is 259 g/mol. The Balaban J connectivity index is 1.78. The number of amides is 2. The van der Waals surface area contributed by atoms with E-state index in [0.29, 0.717) is 13.1 Å². The van der Waals surface area contributed by atoms with Crippen molar-refractivity contribution in [2.24, 2.45) is 7.05 Å². The molecule has 0 atom stereocenters. The summed E-state index contributed by atoms with van der Waals surface area (Å²) in [6, 6.07) is 5.38. The van der Waals surface area contributed by atoms with Crippen LogP contribution in [0.15, 0.2) is 30.6 Å². The van der Waals surface area contributed by atoms with Crippen molar-refractivity contribution in [2.45, 2.75) is 20.0 Å². The van der Waals surface area contributed by atoms with Crippen molar-refractivity contribution in [3.63, 3.8) is 0 Å². The minimum absolute atomic E-state index is 0.218. The lowest BCUT2D eigenvalue weighted by molar-refractivity contribution is 0.240. The summed E-state index contributed by atoms with van der Waals surface area (Å²) in [7, 11) is 1.92. The van der Waals surface area contributed by atoms with E-state index in [0.717, 1.165) is 17.2 Å². The molecule has 0 bridgehead atoms. The number of carbonyl (C=O) groups excluding carboxylic acids is 1. The van der Waals surface area contributed by atoms with Crippen LogP contribution < -0.4 is 10.6 Å². The van der Waals surface area contributed by atoms with Crippen LogP contribution in [0.25, 0.3) is 0 Å². The molecule has 2 aromatic heterocycles. The quantitative estimate of drug-likeness (QED) is 0.864. The molecular formula is C13H17N5O. The van der Waals surface area contributed by atoms with Gasteiger partial charge < -0.3 is 15.2 Å². The maximum Gasteiger partial charge on any atom is 0.315 e. The molecule has 2 amide bonds. The maximum atomic E-state index is 11.6. The predicted octanol–water partition coefficient (Wildman–Crippen LogP) is 1.12. The minimum Gasteiger partial charge on any atom is -0.334 e. The first kappa shape index (κ1) is 13.1. The summed E-state index contributed by atoms with van der Waals surface area (Å²) in [6.07, 6.45) is 3.46. The molecule has 0 saturated carbocycles. The molecule has 0 fully saturated rings. The normalized spacial score (nSPS) is 10.2. The molecule has 2 heterocycles. The van der Waals surface area contributed by atoms with E-state index in [4.69, 9.17) is 0 Å². The summed E-state index contributed by atoms with van der Waals surface area (Å²) >= 11 is 0. The lowest BCUT2D eigenvalue weighted by atomic mass is 10.3. The highest BCUT2D eigenvalue weighted by Gasteiger charge is 2.05. The average Bonchev–Trinajstić information content (AvgIpc) is 2.75. The Hall–Kier alpha value is -2.37. The first-order valence-corrected chi connectivity index (χ1v) is 6.05. The van der Waals surface area contributed by atoms with Gasteiger partial charge in [-0.25, -0.2) is 9.78 Å². The number of nitrogens with zero attached hydrogens (tertiary/aromatic N) is 3. The molecule has 2 N–H and O–H groups in total. The third-order valence-corrected chi connectivity index (χ3v) is 2.90. The maximum absolute atomic E-state index is 11.6. The largest absolute Gasteiger partial charge is 0.334 e. The van der Waals surface area contributed by atoms with Gasteiger partial charge in [0.1, 0.15) is 5.82 Å². The van der Waals surface area contributed by atoms with Gasteiger partial charge in [0.2, 0.25) is 0 Å². The lowest BCUT2D eigenvalue weighted by Gasteiger charge is -2.08. The molecule has 0 aliphatic rings. The number of urea groups is 1. The number of hydrogen-bond donors (Lipinski definition) is 2. The summed E-state index contributed by atoms with van der Waals surface area (Å²) < 4.78 is 1.94. The topological polar surface area (TPSA) is 71.8 Å². The highest BCUT2D eigenvalue weighted by molar-refractivity contribution is 5.73. The third-order valence-electron chi connectivity index (χ3n) is 2.90. The molecule has 0 aliphatic heterocycles. The fourth-order valence-corrected chi connectivity index (χ4v) is 1.62. The molecule has 0 spiro atoms. The second-order valence-electron chi connectivity index (χ2n) is 4.21. The van der Waals surface area contributed by atoms with Crippen molar-refractivity contribution in [3.8, 4) is 0 Å². The molecule has 2 aromatic rings. The Morgan fingerprint density at radius 1 is 1.26 bits per heavy atom. The van der Waals surface area contributed by atoms with E-state index in [1.807, 2.05) is 36.7 Å².